The van der Waals surface area contributed by atoms with E-state index >= 15 is 0 Å². The average molecular weight is 297 g/mol. The minimum Gasteiger partial charge on any atom is -0.383 e. The molecule has 21 heavy (non-hydrogen) atoms. The van der Waals surface area contributed by atoms with Crippen molar-refractivity contribution in [2.24, 2.45) is 10.4 Å². The molecule has 0 aromatic rings. The summed E-state index contributed by atoms with van der Waals surface area (Å²) in [4.78, 5) is 4.36. The highest BCUT2D eigenvalue weighted by Crippen LogP contribution is 2.54. The molecule has 0 aromatic carbocycles. The third kappa shape index (κ3) is 3.51. The summed E-state index contributed by atoms with van der Waals surface area (Å²) in [6, 6.07) is 0.737. The Bertz CT molecular complexity index is 353. The number of aliphatic imine (C=N–C) groups is 1. The fourth-order valence-electron chi connectivity index (χ4n) is 3.95. The first-order valence-corrected chi connectivity index (χ1v) is 8.26. The Morgan fingerprint density at radius 3 is 2.67 bits per heavy atom. The molecule has 1 spiro atoms. The van der Waals surface area contributed by atoms with Gasteiger partial charge in [0.1, 0.15) is 0 Å². The molecule has 5 nitrogen and oxygen atoms in total. The van der Waals surface area contributed by atoms with E-state index in [1.165, 1.54) is 25.7 Å². The molecule has 0 aromatic heterocycles. The largest absolute Gasteiger partial charge is 0.383 e. The Balaban J connectivity index is 1.92. The van der Waals surface area contributed by atoms with Gasteiger partial charge in [-0.15, -0.1) is 0 Å². The lowest BCUT2D eigenvalue weighted by atomic mass is 9.60. The summed E-state index contributed by atoms with van der Waals surface area (Å²) >= 11 is 0. The quantitative estimate of drug-likeness (QED) is 0.581. The predicted octanol–water partition coefficient (Wildman–Crippen LogP) is 1.92. The molecule has 2 fully saturated rings. The van der Waals surface area contributed by atoms with Gasteiger partial charge in [-0.3, -0.25) is 4.99 Å². The molecule has 0 radical (unpaired) electrons. The van der Waals surface area contributed by atoms with Crippen molar-refractivity contribution in [1.29, 1.82) is 0 Å². The minimum atomic E-state index is 0.253. The predicted molar refractivity (Wildman–Crippen MR) is 85.7 cm³/mol. The van der Waals surface area contributed by atoms with Crippen LogP contribution in [0.4, 0.5) is 0 Å². The highest BCUT2D eigenvalue weighted by molar-refractivity contribution is 5.80. The zero-order valence-corrected chi connectivity index (χ0v) is 13.9. The Morgan fingerprint density at radius 1 is 1.38 bits per heavy atom. The lowest BCUT2D eigenvalue weighted by molar-refractivity contribution is -0.125. The van der Waals surface area contributed by atoms with Gasteiger partial charge >= 0.3 is 0 Å². The van der Waals surface area contributed by atoms with E-state index in [0.29, 0.717) is 24.2 Å². The molecular formula is C16H31N3O2. The summed E-state index contributed by atoms with van der Waals surface area (Å²) in [5, 5.41) is 7.01. The number of rotatable bonds is 6. The Labute approximate surface area is 128 Å². The van der Waals surface area contributed by atoms with Crippen LogP contribution in [-0.2, 0) is 9.47 Å². The van der Waals surface area contributed by atoms with Crippen molar-refractivity contribution in [2.45, 2.75) is 64.1 Å². The third-order valence-corrected chi connectivity index (χ3v) is 5.02. The van der Waals surface area contributed by atoms with Crippen LogP contribution in [0.5, 0.6) is 0 Å². The van der Waals surface area contributed by atoms with Gasteiger partial charge in [-0.25, -0.2) is 0 Å². The maximum absolute atomic E-state index is 5.96. The van der Waals surface area contributed by atoms with Crippen LogP contribution in [0.1, 0.15) is 46.0 Å². The zero-order chi connectivity index (χ0) is 15.3. The van der Waals surface area contributed by atoms with Crippen LogP contribution in [0.25, 0.3) is 0 Å². The van der Waals surface area contributed by atoms with E-state index in [1.54, 1.807) is 7.11 Å². The highest BCUT2D eigenvalue weighted by atomic mass is 16.5. The topological polar surface area (TPSA) is 54.9 Å². The standard InChI is InChI=1S/C16H31N3O2/c1-5-21-14-10-13(16(14)8-6-7-9-16)19-15(17-3)18-12(2)11-20-4/h12-14H,5-11H2,1-4H3,(H2,17,18,19). The molecule has 2 N–H and O–H groups in total. The van der Waals surface area contributed by atoms with Gasteiger partial charge < -0.3 is 20.1 Å². The summed E-state index contributed by atoms with van der Waals surface area (Å²) in [5.41, 5.74) is 0.331. The van der Waals surface area contributed by atoms with E-state index in [0.717, 1.165) is 19.0 Å². The molecule has 3 atom stereocenters. The van der Waals surface area contributed by atoms with Crippen molar-refractivity contribution < 1.29 is 9.47 Å². The molecule has 122 valence electrons. The molecule has 2 saturated carbocycles. The van der Waals surface area contributed by atoms with E-state index in [-0.39, 0.29) is 6.04 Å². The first-order chi connectivity index (χ1) is 10.2. The van der Waals surface area contributed by atoms with Crippen LogP contribution >= 0.6 is 0 Å². The molecule has 0 aliphatic heterocycles. The van der Waals surface area contributed by atoms with Gasteiger partial charge in [0.15, 0.2) is 5.96 Å². The fourth-order valence-corrected chi connectivity index (χ4v) is 3.95. The van der Waals surface area contributed by atoms with Crippen LogP contribution in [0.3, 0.4) is 0 Å². The van der Waals surface area contributed by atoms with Crippen molar-refractivity contribution in [3.05, 3.63) is 0 Å². The highest BCUT2D eigenvalue weighted by Gasteiger charge is 2.56. The van der Waals surface area contributed by atoms with Gasteiger partial charge in [0, 0.05) is 38.3 Å². The summed E-state index contributed by atoms with van der Waals surface area (Å²) in [6.45, 7) is 5.69. The van der Waals surface area contributed by atoms with Gasteiger partial charge in [-0.2, -0.15) is 0 Å². The van der Waals surface area contributed by atoms with Gasteiger partial charge in [-0.05, 0) is 33.1 Å². The van der Waals surface area contributed by atoms with Gasteiger partial charge in [0.05, 0.1) is 12.7 Å². The lowest BCUT2D eigenvalue weighted by Crippen LogP contribution is -2.65. The maximum Gasteiger partial charge on any atom is 0.191 e. The number of ether oxygens (including phenoxy) is 2. The Kier molecular flexibility index (Phi) is 5.88. The second-order valence-corrected chi connectivity index (χ2v) is 6.39. The molecule has 3 unspecified atom stereocenters. The number of nitrogens with one attached hydrogen (secondary N) is 2. The van der Waals surface area contributed by atoms with Crippen molar-refractivity contribution in [1.82, 2.24) is 10.6 Å². The van der Waals surface area contributed by atoms with Crippen LogP contribution in [0, 0.1) is 5.41 Å². The smallest absolute Gasteiger partial charge is 0.191 e. The van der Waals surface area contributed by atoms with Crippen molar-refractivity contribution >= 4 is 5.96 Å². The molecule has 0 bridgehead atoms. The SMILES string of the molecule is CCOC1CC(NC(=NC)NC(C)COC)C12CCCC2. The number of methoxy groups -OCH3 is 1. The van der Waals surface area contributed by atoms with Gasteiger partial charge in [0.2, 0.25) is 0 Å². The molecule has 5 heteroatoms. The fraction of sp³-hybridized carbons (Fsp3) is 0.938. The van der Waals surface area contributed by atoms with Crippen LogP contribution < -0.4 is 10.6 Å². The molecule has 0 saturated heterocycles. The normalized spacial score (nSPS) is 29.2. The molecule has 2 aliphatic carbocycles. The second-order valence-electron chi connectivity index (χ2n) is 6.39. The van der Waals surface area contributed by atoms with Crippen molar-refractivity contribution in [2.75, 3.05) is 27.4 Å². The average Bonchev–Trinajstić information content (AvgIpc) is 2.97. The third-order valence-electron chi connectivity index (χ3n) is 5.02. The molecule has 0 amide bonds. The van der Waals surface area contributed by atoms with Crippen LogP contribution in [0.15, 0.2) is 4.99 Å². The molecule has 0 heterocycles. The van der Waals surface area contributed by atoms with E-state index in [2.05, 4.69) is 29.5 Å². The van der Waals surface area contributed by atoms with Gasteiger partial charge in [-0.1, -0.05) is 12.8 Å². The number of hydrogen-bond donors (Lipinski definition) is 2. The van der Waals surface area contributed by atoms with E-state index in [1.807, 2.05) is 7.05 Å². The number of nitrogens with zero attached hydrogens (tertiary/aromatic N) is 1. The van der Waals surface area contributed by atoms with E-state index < -0.39 is 0 Å². The second kappa shape index (κ2) is 7.45. The first kappa shape index (κ1) is 16.6. The maximum atomic E-state index is 5.96. The van der Waals surface area contributed by atoms with Crippen molar-refractivity contribution in [3.63, 3.8) is 0 Å². The van der Waals surface area contributed by atoms with Crippen LogP contribution in [0.2, 0.25) is 0 Å². The molecule has 2 aliphatic rings. The molecular weight excluding hydrogens is 266 g/mol. The minimum absolute atomic E-state index is 0.253. The summed E-state index contributed by atoms with van der Waals surface area (Å²) in [6.07, 6.45) is 6.73. The van der Waals surface area contributed by atoms with Gasteiger partial charge in [0.25, 0.3) is 0 Å². The van der Waals surface area contributed by atoms with Crippen LogP contribution in [-0.4, -0.2) is 51.5 Å². The number of hydrogen-bond acceptors (Lipinski definition) is 3. The van der Waals surface area contributed by atoms with E-state index in [9.17, 15) is 0 Å². The number of guanidine groups is 1. The molecule has 2 rings (SSSR count). The van der Waals surface area contributed by atoms with Crippen molar-refractivity contribution in [3.8, 4) is 0 Å². The lowest BCUT2D eigenvalue weighted by Gasteiger charge is -2.54. The zero-order valence-electron chi connectivity index (χ0n) is 13.9. The monoisotopic (exact) mass is 297 g/mol. The van der Waals surface area contributed by atoms with E-state index in [4.69, 9.17) is 9.47 Å². The first-order valence-electron chi connectivity index (χ1n) is 8.26. The Hall–Kier alpha value is -0.810. The Morgan fingerprint density at radius 2 is 2.10 bits per heavy atom. The summed E-state index contributed by atoms with van der Waals surface area (Å²) in [7, 11) is 3.55. The summed E-state index contributed by atoms with van der Waals surface area (Å²) < 4.78 is 11.1. The summed E-state index contributed by atoms with van der Waals surface area (Å²) in [5.74, 6) is 0.880.